The molecule has 0 spiro atoms. The monoisotopic (exact) mass is 264 g/mol. The van der Waals surface area contributed by atoms with Crippen molar-refractivity contribution in [3.63, 3.8) is 0 Å². The van der Waals surface area contributed by atoms with E-state index in [9.17, 15) is 4.79 Å². The van der Waals surface area contributed by atoms with Gasteiger partial charge in [-0.3, -0.25) is 4.79 Å². The molecule has 19 heavy (non-hydrogen) atoms. The predicted molar refractivity (Wildman–Crippen MR) is 76.9 cm³/mol. The molecule has 3 fully saturated rings. The number of piperidine rings is 1. The molecule has 3 heteroatoms. The van der Waals surface area contributed by atoms with Gasteiger partial charge in [-0.25, -0.2) is 0 Å². The first-order valence-electron chi connectivity index (χ1n) is 8.27. The molecular formula is C16H28N2O. The fourth-order valence-corrected chi connectivity index (χ4v) is 3.62. The molecule has 1 saturated heterocycles. The number of nitrogens with one attached hydrogen (secondary N) is 1. The normalized spacial score (nSPS) is 26.2. The molecule has 3 rings (SSSR count). The molecule has 2 aliphatic carbocycles. The van der Waals surface area contributed by atoms with Crippen molar-refractivity contribution in [1.82, 2.24) is 10.2 Å². The van der Waals surface area contributed by atoms with Crippen LogP contribution in [0.1, 0.15) is 58.3 Å². The van der Waals surface area contributed by atoms with Gasteiger partial charge in [0.15, 0.2) is 0 Å². The molecule has 0 aromatic heterocycles. The number of carbonyl (C=O) groups excluding carboxylic acids is 1. The van der Waals surface area contributed by atoms with Gasteiger partial charge in [-0.05, 0) is 64.0 Å². The van der Waals surface area contributed by atoms with Gasteiger partial charge >= 0.3 is 0 Å². The predicted octanol–water partition coefficient (Wildman–Crippen LogP) is 2.56. The number of carbonyl (C=O) groups is 1. The SMILES string of the molecule is CCCC1(C(=O)N(CC2CC2)C2CC2)CCNCC1. The summed E-state index contributed by atoms with van der Waals surface area (Å²) in [4.78, 5) is 15.4. The average Bonchev–Trinajstić information content (AvgIpc) is 3.28. The summed E-state index contributed by atoms with van der Waals surface area (Å²) in [5.74, 6) is 1.33. The number of hydrogen-bond acceptors (Lipinski definition) is 2. The average molecular weight is 264 g/mol. The lowest BCUT2D eigenvalue weighted by molar-refractivity contribution is -0.145. The quantitative estimate of drug-likeness (QED) is 0.799. The first-order valence-corrected chi connectivity index (χ1v) is 8.27. The second kappa shape index (κ2) is 5.43. The van der Waals surface area contributed by atoms with Crippen LogP contribution in [0.15, 0.2) is 0 Å². The Morgan fingerprint density at radius 3 is 2.42 bits per heavy atom. The molecule has 3 aliphatic rings. The van der Waals surface area contributed by atoms with Crippen molar-refractivity contribution in [3.8, 4) is 0 Å². The van der Waals surface area contributed by atoms with Gasteiger partial charge in [0.25, 0.3) is 0 Å². The first-order chi connectivity index (χ1) is 9.25. The van der Waals surface area contributed by atoms with Crippen molar-refractivity contribution in [2.45, 2.75) is 64.3 Å². The van der Waals surface area contributed by atoms with E-state index in [1.54, 1.807) is 0 Å². The van der Waals surface area contributed by atoms with Crippen molar-refractivity contribution in [1.29, 1.82) is 0 Å². The van der Waals surface area contributed by atoms with Gasteiger partial charge in [0.1, 0.15) is 0 Å². The Kier molecular flexibility index (Phi) is 3.84. The van der Waals surface area contributed by atoms with E-state index in [4.69, 9.17) is 0 Å². The van der Waals surface area contributed by atoms with Crippen LogP contribution in [0.3, 0.4) is 0 Å². The fraction of sp³-hybridized carbons (Fsp3) is 0.938. The molecule has 0 radical (unpaired) electrons. The summed E-state index contributed by atoms with van der Waals surface area (Å²) in [6, 6.07) is 0.594. The molecule has 1 aliphatic heterocycles. The fourth-order valence-electron chi connectivity index (χ4n) is 3.62. The lowest BCUT2D eigenvalue weighted by atomic mass is 9.74. The molecule has 0 aromatic rings. The van der Waals surface area contributed by atoms with E-state index in [0.717, 1.165) is 51.2 Å². The highest BCUT2D eigenvalue weighted by molar-refractivity contribution is 5.83. The van der Waals surface area contributed by atoms with E-state index in [1.807, 2.05) is 0 Å². The summed E-state index contributed by atoms with van der Waals surface area (Å²) in [6.45, 7) is 5.32. The highest BCUT2D eigenvalue weighted by Crippen LogP contribution is 2.41. The minimum Gasteiger partial charge on any atom is -0.339 e. The standard InChI is InChI=1S/C16H28N2O/c1-2-7-16(8-10-17-11-9-16)15(19)18(14-5-6-14)12-13-3-4-13/h13-14,17H,2-12H2,1H3. The Bertz CT molecular complexity index is 322. The zero-order chi connectivity index (χ0) is 13.3. The van der Waals surface area contributed by atoms with E-state index in [0.29, 0.717) is 11.9 Å². The van der Waals surface area contributed by atoms with E-state index in [2.05, 4.69) is 17.1 Å². The van der Waals surface area contributed by atoms with Crippen LogP contribution in [-0.2, 0) is 4.79 Å². The maximum atomic E-state index is 13.2. The van der Waals surface area contributed by atoms with Gasteiger partial charge in [-0.2, -0.15) is 0 Å². The van der Waals surface area contributed by atoms with Crippen LogP contribution in [0.5, 0.6) is 0 Å². The molecule has 2 saturated carbocycles. The zero-order valence-corrected chi connectivity index (χ0v) is 12.3. The molecular weight excluding hydrogens is 236 g/mol. The van der Waals surface area contributed by atoms with Gasteiger partial charge in [-0.1, -0.05) is 13.3 Å². The Balaban J connectivity index is 1.72. The lowest BCUT2D eigenvalue weighted by Gasteiger charge is -2.40. The molecule has 0 bridgehead atoms. The molecule has 1 amide bonds. The largest absolute Gasteiger partial charge is 0.339 e. The molecule has 0 aromatic carbocycles. The summed E-state index contributed by atoms with van der Waals surface area (Å²) in [7, 11) is 0. The molecule has 3 nitrogen and oxygen atoms in total. The molecule has 0 unspecified atom stereocenters. The molecule has 0 atom stereocenters. The van der Waals surface area contributed by atoms with Crippen molar-refractivity contribution < 1.29 is 4.79 Å². The Labute approximate surface area is 117 Å². The van der Waals surface area contributed by atoms with Crippen molar-refractivity contribution in [3.05, 3.63) is 0 Å². The summed E-state index contributed by atoms with van der Waals surface area (Å²) in [6.07, 6.45) is 9.51. The van der Waals surface area contributed by atoms with Gasteiger partial charge in [-0.15, -0.1) is 0 Å². The Hall–Kier alpha value is -0.570. The Morgan fingerprint density at radius 1 is 1.21 bits per heavy atom. The second-order valence-electron chi connectivity index (χ2n) is 6.91. The number of nitrogens with zero attached hydrogens (tertiary/aromatic N) is 1. The topological polar surface area (TPSA) is 32.3 Å². The van der Waals surface area contributed by atoms with Crippen molar-refractivity contribution in [2.24, 2.45) is 11.3 Å². The highest BCUT2D eigenvalue weighted by Gasteiger charge is 2.46. The van der Waals surface area contributed by atoms with Gasteiger partial charge < -0.3 is 10.2 Å². The first kappa shape index (κ1) is 13.4. The lowest BCUT2D eigenvalue weighted by Crippen LogP contribution is -2.50. The minimum absolute atomic E-state index is 0.0303. The maximum absolute atomic E-state index is 13.2. The Morgan fingerprint density at radius 2 is 1.89 bits per heavy atom. The van der Waals surface area contributed by atoms with E-state index in [1.165, 1.54) is 25.7 Å². The van der Waals surface area contributed by atoms with E-state index < -0.39 is 0 Å². The second-order valence-corrected chi connectivity index (χ2v) is 6.91. The van der Waals surface area contributed by atoms with Crippen molar-refractivity contribution in [2.75, 3.05) is 19.6 Å². The molecule has 108 valence electrons. The van der Waals surface area contributed by atoms with Crippen LogP contribution in [0.4, 0.5) is 0 Å². The molecule has 1 heterocycles. The smallest absolute Gasteiger partial charge is 0.229 e. The van der Waals surface area contributed by atoms with Gasteiger partial charge in [0.05, 0.1) is 5.41 Å². The number of rotatable bonds is 6. The van der Waals surface area contributed by atoms with Crippen LogP contribution in [0.2, 0.25) is 0 Å². The van der Waals surface area contributed by atoms with Crippen LogP contribution in [0, 0.1) is 11.3 Å². The van der Waals surface area contributed by atoms with E-state index in [-0.39, 0.29) is 5.41 Å². The summed E-state index contributed by atoms with van der Waals surface area (Å²) >= 11 is 0. The van der Waals surface area contributed by atoms with Gasteiger partial charge in [0.2, 0.25) is 5.91 Å². The van der Waals surface area contributed by atoms with Gasteiger partial charge in [0, 0.05) is 12.6 Å². The van der Waals surface area contributed by atoms with Crippen LogP contribution < -0.4 is 5.32 Å². The zero-order valence-electron chi connectivity index (χ0n) is 12.3. The number of hydrogen-bond donors (Lipinski definition) is 1. The third-order valence-electron chi connectivity index (χ3n) is 5.14. The summed E-state index contributed by atoms with van der Waals surface area (Å²) in [5.41, 5.74) is -0.0303. The maximum Gasteiger partial charge on any atom is 0.229 e. The highest BCUT2D eigenvalue weighted by atomic mass is 16.2. The summed E-state index contributed by atoms with van der Waals surface area (Å²) in [5, 5.41) is 3.42. The van der Waals surface area contributed by atoms with E-state index >= 15 is 0 Å². The van der Waals surface area contributed by atoms with Crippen molar-refractivity contribution >= 4 is 5.91 Å². The third kappa shape index (κ3) is 2.96. The third-order valence-corrected chi connectivity index (χ3v) is 5.14. The summed E-state index contributed by atoms with van der Waals surface area (Å²) < 4.78 is 0. The minimum atomic E-state index is -0.0303. The van der Waals surface area contributed by atoms with Crippen LogP contribution in [0.25, 0.3) is 0 Å². The van der Waals surface area contributed by atoms with Crippen LogP contribution >= 0.6 is 0 Å². The van der Waals surface area contributed by atoms with Crippen LogP contribution in [-0.4, -0.2) is 36.5 Å². The number of amides is 1. The molecule has 1 N–H and O–H groups in total.